The topological polar surface area (TPSA) is 79.5 Å². The summed E-state index contributed by atoms with van der Waals surface area (Å²) in [7, 11) is 0. The van der Waals surface area contributed by atoms with Gasteiger partial charge in [-0.3, -0.25) is 9.59 Å². The van der Waals surface area contributed by atoms with Crippen LogP contribution >= 0.6 is 0 Å². The molecule has 2 N–H and O–H groups in total. The number of furan rings is 1. The molecule has 1 heterocycles. The van der Waals surface area contributed by atoms with Gasteiger partial charge in [-0.05, 0) is 44.9 Å². The standard InChI is InChI=1S/C22H21NO4/c1-12-9-17(18(22(25)26)10-13(12)2)21(24)23-14-7-8-16-15-5-3-4-6-19(15)27-20(16)11-14/h3-8,11,17-18H,9-10H2,1-2H3,(H,23,24)(H,25,26)/t17-,18-/m1/s1. The molecule has 4 rings (SSSR count). The van der Waals surface area contributed by atoms with Gasteiger partial charge < -0.3 is 14.8 Å². The number of carbonyl (C=O) groups excluding carboxylic acids is 1. The molecule has 138 valence electrons. The molecule has 0 saturated heterocycles. The van der Waals surface area contributed by atoms with Crippen molar-refractivity contribution in [3.05, 3.63) is 53.6 Å². The third kappa shape index (κ3) is 3.10. The zero-order valence-electron chi connectivity index (χ0n) is 15.3. The van der Waals surface area contributed by atoms with Gasteiger partial charge >= 0.3 is 5.97 Å². The first-order valence-electron chi connectivity index (χ1n) is 9.04. The molecule has 2 aromatic carbocycles. The van der Waals surface area contributed by atoms with E-state index in [0.29, 0.717) is 24.1 Å². The molecule has 27 heavy (non-hydrogen) atoms. The summed E-state index contributed by atoms with van der Waals surface area (Å²) in [6, 6.07) is 13.3. The van der Waals surface area contributed by atoms with Crippen LogP contribution < -0.4 is 5.32 Å². The SMILES string of the molecule is CC1=C(C)C[C@@H](C(=O)Nc2ccc3c(c2)oc2ccccc23)[C@H](C(=O)O)C1. The number of benzene rings is 2. The molecule has 0 spiro atoms. The fourth-order valence-corrected chi connectivity index (χ4v) is 3.87. The van der Waals surface area contributed by atoms with Crippen molar-refractivity contribution < 1.29 is 19.1 Å². The average molecular weight is 363 g/mol. The van der Waals surface area contributed by atoms with Crippen molar-refractivity contribution in [3.63, 3.8) is 0 Å². The maximum atomic E-state index is 12.8. The maximum Gasteiger partial charge on any atom is 0.307 e. The van der Waals surface area contributed by atoms with Crippen molar-refractivity contribution in [1.29, 1.82) is 0 Å². The lowest BCUT2D eigenvalue weighted by Gasteiger charge is -2.29. The number of amides is 1. The van der Waals surface area contributed by atoms with Crippen molar-refractivity contribution in [1.82, 2.24) is 0 Å². The summed E-state index contributed by atoms with van der Waals surface area (Å²) in [4.78, 5) is 24.4. The van der Waals surface area contributed by atoms with Crippen LogP contribution in [0.5, 0.6) is 0 Å². The Kier molecular flexibility index (Phi) is 4.22. The Bertz CT molecular complexity index is 1090. The van der Waals surface area contributed by atoms with E-state index in [2.05, 4.69) is 5.32 Å². The summed E-state index contributed by atoms with van der Waals surface area (Å²) in [5.74, 6) is -2.44. The number of nitrogens with one attached hydrogen (secondary N) is 1. The van der Waals surface area contributed by atoms with E-state index in [1.54, 1.807) is 6.07 Å². The van der Waals surface area contributed by atoms with Gasteiger partial charge in [0.25, 0.3) is 0 Å². The lowest BCUT2D eigenvalue weighted by atomic mass is 9.76. The zero-order chi connectivity index (χ0) is 19.1. The quantitative estimate of drug-likeness (QED) is 0.644. The van der Waals surface area contributed by atoms with E-state index in [1.807, 2.05) is 50.2 Å². The van der Waals surface area contributed by atoms with Gasteiger partial charge in [-0.1, -0.05) is 29.3 Å². The van der Waals surface area contributed by atoms with Gasteiger partial charge in [0.1, 0.15) is 11.2 Å². The highest BCUT2D eigenvalue weighted by Gasteiger charge is 2.37. The summed E-state index contributed by atoms with van der Waals surface area (Å²) >= 11 is 0. The molecular weight excluding hydrogens is 342 g/mol. The summed E-state index contributed by atoms with van der Waals surface area (Å²) in [6.07, 6.45) is 0.892. The second kappa shape index (κ2) is 6.58. The smallest absolute Gasteiger partial charge is 0.307 e. The first-order chi connectivity index (χ1) is 12.9. The molecule has 0 aliphatic heterocycles. The highest BCUT2D eigenvalue weighted by atomic mass is 16.4. The minimum atomic E-state index is -0.922. The summed E-state index contributed by atoms with van der Waals surface area (Å²) in [6.45, 7) is 3.91. The van der Waals surface area contributed by atoms with Gasteiger partial charge in [-0.2, -0.15) is 0 Å². The Balaban J connectivity index is 1.62. The lowest BCUT2D eigenvalue weighted by Crippen LogP contribution is -2.36. The van der Waals surface area contributed by atoms with Crippen molar-refractivity contribution in [2.45, 2.75) is 26.7 Å². The predicted octanol–water partition coefficient (Wildman–Crippen LogP) is 4.97. The molecule has 0 radical (unpaired) electrons. The van der Waals surface area contributed by atoms with E-state index < -0.39 is 17.8 Å². The molecule has 1 aliphatic carbocycles. The van der Waals surface area contributed by atoms with E-state index in [9.17, 15) is 14.7 Å². The number of para-hydroxylation sites is 1. The number of carboxylic acids is 1. The fraction of sp³-hybridized carbons (Fsp3) is 0.273. The van der Waals surface area contributed by atoms with Crippen LogP contribution in [-0.2, 0) is 9.59 Å². The van der Waals surface area contributed by atoms with E-state index >= 15 is 0 Å². The largest absolute Gasteiger partial charge is 0.481 e. The minimum Gasteiger partial charge on any atom is -0.481 e. The lowest BCUT2D eigenvalue weighted by molar-refractivity contribution is -0.146. The molecule has 1 aliphatic rings. The number of aliphatic carboxylic acids is 1. The van der Waals surface area contributed by atoms with E-state index in [1.165, 1.54) is 0 Å². The van der Waals surface area contributed by atoms with Crippen LogP contribution in [0, 0.1) is 11.8 Å². The highest BCUT2D eigenvalue weighted by Crippen LogP contribution is 2.36. The molecule has 0 unspecified atom stereocenters. The molecule has 1 amide bonds. The van der Waals surface area contributed by atoms with Gasteiger partial charge in [-0.25, -0.2) is 0 Å². The molecule has 0 bridgehead atoms. The van der Waals surface area contributed by atoms with Crippen LogP contribution in [-0.4, -0.2) is 17.0 Å². The molecule has 0 fully saturated rings. The van der Waals surface area contributed by atoms with Gasteiger partial charge in [0, 0.05) is 22.5 Å². The molecule has 3 aromatic rings. The Morgan fingerprint density at radius 2 is 1.63 bits per heavy atom. The number of rotatable bonds is 3. The van der Waals surface area contributed by atoms with E-state index in [4.69, 9.17) is 4.42 Å². The molecule has 5 heteroatoms. The van der Waals surface area contributed by atoms with Gasteiger partial charge in [0.2, 0.25) is 5.91 Å². The number of allylic oxidation sites excluding steroid dienone is 2. The van der Waals surface area contributed by atoms with Gasteiger partial charge in [-0.15, -0.1) is 0 Å². The Labute approximate surface area is 156 Å². The Hall–Kier alpha value is -3.08. The zero-order valence-corrected chi connectivity index (χ0v) is 15.3. The Morgan fingerprint density at radius 1 is 0.963 bits per heavy atom. The van der Waals surface area contributed by atoms with E-state index in [0.717, 1.165) is 27.5 Å². The molecule has 1 aromatic heterocycles. The number of anilines is 1. The number of carbonyl (C=O) groups is 2. The van der Waals surface area contributed by atoms with Crippen molar-refractivity contribution in [3.8, 4) is 0 Å². The average Bonchev–Trinajstić information content (AvgIpc) is 3.01. The Morgan fingerprint density at radius 3 is 2.37 bits per heavy atom. The van der Waals surface area contributed by atoms with Crippen LogP contribution in [0.15, 0.2) is 58.0 Å². The first kappa shape index (κ1) is 17.3. The fourth-order valence-electron chi connectivity index (χ4n) is 3.87. The number of hydrogen-bond donors (Lipinski definition) is 2. The molecule has 0 saturated carbocycles. The van der Waals surface area contributed by atoms with Crippen molar-refractivity contribution in [2.24, 2.45) is 11.8 Å². The first-order valence-corrected chi connectivity index (χ1v) is 9.04. The van der Waals surface area contributed by atoms with Crippen LogP contribution in [0.25, 0.3) is 21.9 Å². The van der Waals surface area contributed by atoms with Crippen LogP contribution in [0.1, 0.15) is 26.7 Å². The molecule has 2 atom stereocenters. The number of carboxylic acid groups (broad SMARTS) is 1. The predicted molar refractivity (Wildman–Crippen MR) is 105 cm³/mol. The second-order valence-corrected chi connectivity index (χ2v) is 7.32. The third-order valence-corrected chi connectivity index (χ3v) is 5.57. The van der Waals surface area contributed by atoms with Crippen molar-refractivity contribution >= 4 is 39.5 Å². The summed E-state index contributed by atoms with van der Waals surface area (Å²) < 4.78 is 5.86. The monoisotopic (exact) mass is 363 g/mol. The minimum absolute atomic E-state index is 0.260. The third-order valence-electron chi connectivity index (χ3n) is 5.57. The molecular formula is C22H21NO4. The van der Waals surface area contributed by atoms with Crippen LogP contribution in [0.4, 0.5) is 5.69 Å². The normalized spacial score (nSPS) is 20.2. The summed E-state index contributed by atoms with van der Waals surface area (Å²) in [5.41, 5.74) is 4.26. The highest BCUT2D eigenvalue weighted by molar-refractivity contribution is 6.06. The second-order valence-electron chi connectivity index (χ2n) is 7.32. The van der Waals surface area contributed by atoms with Crippen molar-refractivity contribution in [2.75, 3.05) is 5.32 Å². The van der Waals surface area contributed by atoms with Gasteiger partial charge in [0.15, 0.2) is 0 Å². The van der Waals surface area contributed by atoms with Crippen LogP contribution in [0.2, 0.25) is 0 Å². The maximum absolute atomic E-state index is 12.8. The number of hydrogen-bond acceptors (Lipinski definition) is 3. The van der Waals surface area contributed by atoms with Crippen LogP contribution in [0.3, 0.4) is 0 Å². The summed E-state index contributed by atoms with van der Waals surface area (Å²) in [5, 5.41) is 14.4. The van der Waals surface area contributed by atoms with E-state index in [-0.39, 0.29) is 5.91 Å². The molecule has 5 nitrogen and oxygen atoms in total. The van der Waals surface area contributed by atoms with Gasteiger partial charge in [0.05, 0.1) is 11.8 Å². The number of fused-ring (bicyclic) bond motifs is 3.